The van der Waals surface area contributed by atoms with E-state index in [1.165, 1.54) is 0 Å². The molecular formula is C12H14N3O3. The molecule has 1 rings (SSSR count). The average Bonchev–Trinajstić information content (AvgIpc) is 2.40. The van der Waals surface area contributed by atoms with E-state index in [0.29, 0.717) is 0 Å². The summed E-state index contributed by atoms with van der Waals surface area (Å²) < 4.78 is 15.5. The third-order valence-electron chi connectivity index (χ3n) is 1.54. The lowest BCUT2D eigenvalue weighted by atomic mass is 10.7. The predicted octanol–water partition coefficient (Wildman–Crippen LogP) is 1.37. The highest BCUT2D eigenvalue weighted by Gasteiger charge is 2.08. The van der Waals surface area contributed by atoms with Crippen LogP contribution in [-0.2, 0) is 0 Å². The third-order valence-corrected chi connectivity index (χ3v) is 1.54. The van der Waals surface area contributed by atoms with Gasteiger partial charge in [-0.25, -0.2) is 0 Å². The summed E-state index contributed by atoms with van der Waals surface area (Å²) in [6.07, 6.45) is 5.71. The lowest BCUT2D eigenvalue weighted by molar-refractivity contribution is 0.267. The van der Waals surface area contributed by atoms with Gasteiger partial charge in [0, 0.05) is 0 Å². The first-order valence-electron chi connectivity index (χ1n) is 5.16. The van der Waals surface area contributed by atoms with E-state index < -0.39 is 0 Å². The van der Waals surface area contributed by atoms with Crippen LogP contribution in [0.25, 0.3) is 0 Å². The molecule has 0 saturated heterocycles. The lowest BCUT2D eigenvalue weighted by Gasteiger charge is -2.07. The van der Waals surface area contributed by atoms with E-state index in [1.54, 1.807) is 12.2 Å². The summed E-state index contributed by atoms with van der Waals surface area (Å²) in [5.74, 6) is 0. The maximum Gasteiger partial charge on any atom is 0.326 e. The molecule has 0 N–H and O–H groups in total. The van der Waals surface area contributed by atoms with Crippen LogP contribution >= 0.6 is 0 Å². The summed E-state index contributed by atoms with van der Waals surface area (Å²) in [7, 11) is 0. The van der Waals surface area contributed by atoms with Crippen LogP contribution in [0.3, 0.4) is 0 Å². The molecule has 6 heteroatoms. The Morgan fingerprint density at radius 1 is 0.889 bits per heavy atom. The van der Waals surface area contributed by atoms with Crippen LogP contribution in [0.5, 0.6) is 18.0 Å². The number of ether oxygens (including phenoxy) is 3. The molecule has 0 aliphatic rings. The van der Waals surface area contributed by atoms with E-state index in [0.717, 1.165) is 0 Å². The highest BCUT2D eigenvalue weighted by Crippen LogP contribution is 2.14. The summed E-state index contributed by atoms with van der Waals surface area (Å²) in [6, 6.07) is 0.283. The number of nitrogens with zero attached hydrogens (tertiary/aromatic N) is 3. The first-order chi connectivity index (χ1) is 8.80. The fourth-order valence-corrected chi connectivity index (χ4v) is 0.897. The Morgan fingerprint density at radius 2 is 1.33 bits per heavy atom. The van der Waals surface area contributed by atoms with Crippen molar-refractivity contribution in [2.45, 2.75) is 0 Å². The Morgan fingerprint density at radius 3 is 1.72 bits per heavy atom. The minimum absolute atomic E-state index is 0.0827. The van der Waals surface area contributed by atoms with E-state index in [4.69, 9.17) is 14.2 Å². The van der Waals surface area contributed by atoms with Crippen LogP contribution in [0.4, 0.5) is 0 Å². The molecule has 0 atom stereocenters. The molecule has 0 amide bonds. The van der Waals surface area contributed by atoms with Crippen molar-refractivity contribution < 1.29 is 14.2 Å². The fourth-order valence-electron chi connectivity index (χ4n) is 0.897. The van der Waals surface area contributed by atoms with Crippen molar-refractivity contribution in [3.63, 3.8) is 0 Å². The number of hydrogen-bond acceptors (Lipinski definition) is 6. The Kier molecular flexibility index (Phi) is 5.96. The zero-order valence-electron chi connectivity index (χ0n) is 9.96. The van der Waals surface area contributed by atoms with Gasteiger partial charge in [-0.05, 0) is 6.08 Å². The van der Waals surface area contributed by atoms with E-state index >= 15 is 0 Å². The lowest BCUT2D eigenvalue weighted by Crippen LogP contribution is -2.07. The van der Waals surface area contributed by atoms with E-state index in [1.807, 2.05) is 0 Å². The summed E-state index contributed by atoms with van der Waals surface area (Å²) >= 11 is 0. The van der Waals surface area contributed by atoms with Crippen molar-refractivity contribution in [2.75, 3.05) is 19.8 Å². The van der Waals surface area contributed by atoms with Gasteiger partial charge in [0.05, 0.1) is 0 Å². The van der Waals surface area contributed by atoms with E-state index in [2.05, 4.69) is 40.8 Å². The van der Waals surface area contributed by atoms with Gasteiger partial charge < -0.3 is 14.2 Å². The van der Waals surface area contributed by atoms with Gasteiger partial charge in [0.2, 0.25) is 0 Å². The van der Waals surface area contributed by atoms with Crippen LogP contribution in [0.1, 0.15) is 0 Å². The molecule has 0 aliphatic carbocycles. The van der Waals surface area contributed by atoms with Gasteiger partial charge in [0.15, 0.2) is 0 Å². The molecule has 1 aromatic heterocycles. The van der Waals surface area contributed by atoms with Crippen LogP contribution in [0, 0.1) is 6.08 Å². The van der Waals surface area contributed by atoms with Crippen molar-refractivity contribution >= 4 is 0 Å². The molecular weight excluding hydrogens is 234 g/mol. The Hall–Kier alpha value is -2.37. The molecule has 0 unspecified atom stereocenters. The zero-order valence-corrected chi connectivity index (χ0v) is 9.96. The molecule has 18 heavy (non-hydrogen) atoms. The second-order valence-corrected chi connectivity index (χ2v) is 2.92. The van der Waals surface area contributed by atoms with Crippen molar-refractivity contribution in [3.05, 3.63) is 38.0 Å². The highest BCUT2D eigenvalue weighted by molar-refractivity contribution is 5.09. The first kappa shape index (κ1) is 13.7. The van der Waals surface area contributed by atoms with Crippen molar-refractivity contribution in [2.24, 2.45) is 0 Å². The molecule has 0 spiro atoms. The Labute approximate surface area is 106 Å². The fraction of sp³-hybridized carbons (Fsp3) is 0.250. The molecule has 95 valence electrons. The van der Waals surface area contributed by atoms with Crippen LogP contribution in [0.2, 0.25) is 0 Å². The Bertz CT molecular complexity index is 347. The Balaban J connectivity index is 2.83. The number of aromatic nitrogens is 3. The zero-order chi connectivity index (χ0) is 13.2. The van der Waals surface area contributed by atoms with E-state index in [-0.39, 0.29) is 37.9 Å². The molecule has 0 bridgehead atoms. The van der Waals surface area contributed by atoms with Crippen molar-refractivity contribution in [3.8, 4) is 18.0 Å². The van der Waals surface area contributed by atoms with Crippen LogP contribution < -0.4 is 14.2 Å². The van der Waals surface area contributed by atoms with Gasteiger partial charge in [-0.2, -0.15) is 0 Å². The van der Waals surface area contributed by atoms with Crippen LogP contribution in [-0.4, -0.2) is 34.8 Å². The average molecular weight is 248 g/mol. The van der Waals surface area contributed by atoms with Crippen molar-refractivity contribution in [1.29, 1.82) is 0 Å². The molecule has 1 aromatic rings. The largest absolute Gasteiger partial charge is 0.459 e. The number of hydrogen-bond donors (Lipinski definition) is 0. The van der Waals surface area contributed by atoms with Crippen molar-refractivity contribution in [1.82, 2.24) is 15.0 Å². The third kappa shape index (κ3) is 4.65. The summed E-state index contributed by atoms with van der Waals surface area (Å²) in [5.41, 5.74) is 0. The van der Waals surface area contributed by atoms with Gasteiger partial charge >= 0.3 is 18.0 Å². The minimum Gasteiger partial charge on any atom is -0.459 e. The van der Waals surface area contributed by atoms with Gasteiger partial charge in [-0.3, -0.25) is 0 Å². The SMILES string of the molecule is C=[C]COc1nc(OCC=C)nc(OCC=C)n1. The maximum absolute atomic E-state index is 5.19. The first-order valence-corrected chi connectivity index (χ1v) is 5.16. The molecule has 0 aromatic carbocycles. The molecule has 0 fully saturated rings. The molecule has 0 aliphatic heterocycles. The second kappa shape index (κ2) is 7.83. The predicted molar refractivity (Wildman–Crippen MR) is 65.6 cm³/mol. The highest BCUT2D eigenvalue weighted by atomic mass is 16.5. The summed E-state index contributed by atoms with van der Waals surface area (Å²) in [4.78, 5) is 11.8. The quantitative estimate of drug-likeness (QED) is 0.615. The summed E-state index contributed by atoms with van der Waals surface area (Å²) in [6.45, 7) is 11.2. The smallest absolute Gasteiger partial charge is 0.326 e. The maximum atomic E-state index is 5.19. The number of rotatable bonds is 9. The van der Waals surface area contributed by atoms with E-state index in [9.17, 15) is 0 Å². The topological polar surface area (TPSA) is 66.4 Å². The second-order valence-electron chi connectivity index (χ2n) is 2.92. The van der Waals surface area contributed by atoms with Gasteiger partial charge in [0.25, 0.3) is 0 Å². The normalized spacial score (nSPS) is 9.33. The standard InChI is InChI=1S/C12H14N3O3/c1-4-7-16-10-13-11(17-8-5-2)15-12(14-10)18-9-6-3/h4-5H,1-3,7-9H2. The molecule has 0 saturated carbocycles. The molecule has 1 radical (unpaired) electrons. The summed E-state index contributed by atoms with van der Waals surface area (Å²) in [5, 5.41) is 0. The molecule has 1 heterocycles. The van der Waals surface area contributed by atoms with Gasteiger partial charge in [-0.15, -0.1) is 15.0 Å². The van der Waals surface area contributed by atoms with Crippen LogP contribution in [0.15, 0.2) is 31.9 Å². The minimum atomic E-state index is 0.0827. The molecule has 6 nitrogen and oxygen atoms in total. The van der Waals surface area contributed by atoms with Gasteiger partial charge in [-0.1, -0.05) is 31.9 Å². The monoisotopic (exact) mass is 248 g/mol. The van der Waals surface area contributed by atoms with Gasteiger partial charge in [0.1, 0.15) is 19.8 Å².